The summed E-state index contributed by atoms with van der Waals surface area (Å²) in [6, 6.07) is 6.78. The minimum atomic E-state index is -0.387. The highest BCUT2D eigenvalue weighted by atomic mass is 16.6. The van der Waals surface area contributed by atoms with Crippen LogP contribution in [-0.2, 0) is 6.54 Å². The standard InChI is InChI=1S/C14H18N4O2/c1-11-9-16-17(10-11)8-7-15-12(2)13-3-5-14(6-4-13)18(19)20/h3-6,9-10,12,15H,7-8H2,1-2H3. The van der Waals surface area contributed by atoms with Crippen molar-refractivity contribution in [1.29, 1.82) is 0 Å². The number of nitrogens with zero attached hydrogens (tertiary/aromatic N) is 3. The van der Waals surface area contributed by atoms with E-state index in [-0.39, 0.29) is 16.7 Å². The van der Waals surface area contributed by atoms with E-state index in [4.69, 9.17) is 0 Å². The number of aryl methyl sites for hydroxylation is 1. The number of nitrogens with one attached hydrogen (secondary N) is 1. The highest BCUT2D eigenvalue weighted by Gasteiger charge is 2.08. The van der Waals surface area contributed by atoms with Gasteiger partial charge in [0, 0.05) is 30.9 Å². The molecule has 0 aliphatic heterocycles. The fourth-order valence-corrected chi connectivity index (χ4v) is 1.99. The Morgan fingerprint density at radius 3 is 2.65 bits per heavy atom. The van der Waals surface area contributed by atoms with Crippen LogP contribution >= 0.6 is 0 Å². The van der Waals surface area contributed by atoms with E-state index in [0.29, 0.717) is 0 Å². The Hall–Kier alpha value is -2.21. The van der Waals surface area contributed by atoms with Crippen LogP contribution in [0.2, 0.25) is 0 Å². The maximum Gasteiger partial charge on any atom is 0.269 e. The molecule has 0 aliphatic carbocycles. The molecule has 2 rings (SSSR count). The van der Waals surface area contributed by atoms with E-state index in [2.05, 4.69) is 10.4 Å². The van der Waals surface area contributed by atoms with Crippen molar-refractivity contribution in [2.24, 2.45) is 0 Å². The van der Waals surface area contributed by atoms with Crippen molar-refractivity contribution < 1.29 is 4.92 Å². The zero-order valence-corrected chi connectivity index (χ0v) is 11.6. The molecule has 0 saturated heterocycles. The van der Waals surface area contributed by atoms with Crippen molar-refractivity contribution in [3.63, 3.8) is 0 Å². The molecule has 1 atom stereocenters. The predicted octanol–water partition coefficient (Wildman–Crippen LogP) is 2.45. The molecule has 1 unspecified atom stereocenters. The lowest BCUT2D eigenvalue weighted by Gasteiger charge is -2.14. The SMILES string of the molecule is Cc1cnn(CCNC(C)c2ccc([N+](=O)[O-])cc2)c1. The second kappa shape index (κ2) is 6.29. The molecule has 0 radical (unpaired) electrons. The fourth-order valence-electron chi connectivity index (χ4n) is 1.99. The summed E-state index contributed by atoms with van der Waals surface area (Å²) < 4.78 is 1.89. The average molecular weight is 274 g/mol. The van der Waals surface area contributed by atoms with Crippen LogP contribution < -0.4 is 5.32 Å². The Kier molecular flexibility index (Phi) is 4.47. The van der Waals surface area contributed by atoms with Gasteiger partial charge in [0.25, 0.3) is 5.69 Å². The van der Waals surface area contributed by atoms with E-state index in [1.807, 2.05) is 30.9 Å². The molecule has 1 heterocycles. The summed E-state index contributed by atoms with van der Waals surface area (Å²) in [6.45, 7) is 5.64. The van der Waals surface area contributed by atoms with Crippen LogP contribution in [0.15, 0.2) is 36.7 Å². The van der Waals surface area contributed by atoms with E-state index in [1.54, 1.807) is 12.1 Å². The lowest BCUT2D eigenvalue weighted by Crippen LogP contribution is -2.23. The largest absolute Gasteiger partial charge is 0.308 e. The number of nitro groups is 1. The van der Waals surface area contributed by atoms with Gasteiger partial charge < -0.3 is 5.32 Å². The van der Waals surface area contributed by atoms with Crippen LogP contribution in [0.3, 0.4) is 0 Å². The summed E-state index contributed by atoms with van der Waals surface area (Å²) in [5, 5.41) is 18.2. The Morgan fingerprint density at radius 2 is 2.10 bits per heavy atom. The highest BCUT2D eigenvalue weighted by Crippen LogP contribution is 2.17. The predicted molar refractivity (Wildman–Crippen MR) is 76.5 cm³/mol. The van der Waals surface area contributed by atoms with Gasteiger partial charge in [0.05, 0.1) is 17.7 Å². The van der Waals surface area contributed by atoms with Gasteiger partial charge in [-0.3, -0.25) is 14.8 Å². The molecule has 0 amide bonds. The third-order valence-corrected chi connectivity index (χ3v) is 3.16. The number of benzene rings is 1. The van der Waals surface area contributed by atoms with E-state index in [0.717, 1.165) is 24.2 Å². The number of nitro benzene ring substituents is 1. The first-order valence-corrected chi connectivity index (χ1v) is 6.53. The van der Waals surface area contributed by atoms with Crippen LogP contribution in [0, 0.1) is 17.0 Å². The van der Waals surface area contributed by atoms with E-state index < -0.39 is 0 Å². The van der Waals surface area contributed by atoms with Crippen molar-refractivity contribution in [3.05, 3.63) is 57.9 Å². The van der Waals surface area contributed by atoms with E-state index in [9.17, 15) is 10.1 Å². The van der Waals surface area contributed by atoms with Crippen LogP contribution in [0.25, 0.3) is 0 Å². The third-order valence-electron chi connectivity index (χ3n) is 3.16. The van der Waals surface area contributed by atoms with E-state index >= 15 is 0 Å². The van der Waals surface area contributed by atoms with Gasteiger partial charge in [-0.15, -0.1) is 0 Å². The first-order valence-electron chi connectivity index (χ1n) is 6.53. The van der Waals surface area contributed by atoms with Crippen molar-refractivity contribution in [2.75, 3.05) is 6.54 Å². The number of aromatic nitrogens is 2. The molecule has 2 aromatic rings. The minimum absolute atomic E-state index is 0.118. The molecule has 1 N–H and O–H groups in total. The van der Waals surface area contributed by atoms with Gasteiger partial charge in [-0.1, -0.05) is 12.1 Å². The van der Waals surface area contributed by atoms with Crippen molar-refractivity contribution in [1.82, 2.24) is 15.1 Å². The van der Waals surface area contributed by atoms with Crippen LogP contribution in [0.1, 0.15) is 24.1 Å². The minimum Gasteiger partial charge on any atom is -0.308 e. The smallest absolute Gasteiger partial charge is 0.269 e. The average Bonchev–Trinajstić information content (AvgIpc) is 2.84. The molecular weight excluding hydrogens is 256 g/mol. The number of rotatable bonds is 6. The normalized spacial score (nSPS) is 12.3. The van der Waals surface area contributed by atoms with Gasteiger partial charge in [0.15, 0.2) is 0 Å². The Labute approximate surface area is 117 Å². The second-order valence-corrected chi connectivity index (χ2v) is 4.81. The summed E-state index contributed by atoms with van der Waals surface area (Å²) in [4.78, 5) is 10.2. The molecule has 0 saturated carbocycles. The highest BCUT2D eigenvalue weighted by molar-refractivity contribution is 5.33. The van der Waals surface area contributed by atoms with Crippen molar-refractivity contribution in [2.45, 2.75) is 26.4 Å². The van der Waals surface area contributed by atoms with Crippen LogP contribution in [0.4, 0.5) is 5.69 Å². The van der Waals surface area contributed by atoms with Gasteiger partial charge in [0.2, 0.25) is 0 Å². The molecule has 1 aromatic heterocycles. The topological polar surface area (TPSA) is 73.0 Å². The fraction of sp³-hybridized carbons (Fsp3) is 0.357. The molecular formula is C14H18N4O2. The molecule has 0 bridgehead atoms. The van der Waals surface area contributed by atoms with Crippen LogP contribution in [0.5, 0.6) is 0 Å². The quantitative estimate of drug-likeness (QED) is 0.648. The molecule has 6 nitrogen and oxygen atoms in total. The number of hydrogen-bond donors (Lipinski definition) is 1. The second-order valence-electron chi connectivity index (χ2n) is 4.81. The van der Waals surface area contributed by atoms with Gasteiger partial charge in [-0.05, 0) is 25.0 Å². The molecule has 0 spiro atoms. The Bertz CT molecular complexity index is 577. The summed E-state index contributed by atoms with van der Waals surface area (Å²) in [7, 11) is 0. The summed E-state index contributed by atoms with van der Waals surface area (Å²) in [5.74, 6) is 0. The molecule has 6 heteroatoms. The summed E-state index contributed by atoms with van der Waals surface area (Å²) in [6.07, 6.45) is 3.83. The molecule has 1 aromatic carbocycles. The maximum absolute atomic E-state index is 10.6. The van der Waals surface area contributed by atoms with Crippen molar-refractivity contribution in [3.8, 4) is 0 Å². The molecule has 106 valence electrons. The van der Waals surface area contributed by atoms with Gasteiger partial charge in [-0.2, -0.15) is 5.10 Å². The first-order chi connectivity index (χ1) is 9.56. The number of hydrogen-bond acceptors (Lipinski definition) is 4. The molecule has 0 aliphatic rings. The molecule has 0 fully saturated rings. The maximum atomic E-state index is 10.6. The Balaban J connectivity index is 1.85. The number of non-ortho nitro benzene ring substituents is 1. The summed E-state index contributed by atoms with van der Waals surface area (Å²) in [5.41, 5.74) is 2.30. The Morgan fingerprint density at radius 1 is 1.40 bits per heavy atom. The zero-order valence-electron chi connectivity index (χ0n) is 11.6. The zero-order chi connectivity index (χ0) is 14.5. The van der Waals surface area contributed by atoms with Gasteiger partial charge in [0.1, 0.15) is 0 Å². The summed E-state index contributed by atoms with van der Waals surface area (Å²) >= 11 is 0. The lowest BCUT2D eigenvalue weighted by molar-refractivity contribution is -0.384. The molecule has 20 heavy (non-hydrogen) atoms. The lowest BCUT2D eigenvalue weighted by atomic mass is 10.1. The first kappa shape index (κ1) is 14.2. The van der Waals surface area contributed by atoms with Crippen LogP contribution in [-0.4, -0.2) is 21.2 Å². The third kappa shape index (κ3) is 3.64. The van der Waals surface area contributed by atoms with Crippen molar-refractivity contribution >= 4 is 5.69 Å². The monoisotopic (exact) mass is 274 g/mol. The van der Waals surface area contributed by atoms with Gasteiger partial charge in [-0.25, -0.2) is 0 Å². The van der Waals surface area contributed by atoms with Gasteiger partial charge >= 0.3 is 0 Å². The van der Waals surface area contributed by atoms with E-state index in [1.165, 1.54) is 12.1 Å².